The molecule has 0 aromatic carbocycles. The molecule has 1 aromatic rings. The Labute approximate surface area is 106 Å². The summed E-state index contributed by atoms with van der Waals surface area (Å²) in [7, 11) is 0. The number of nitrogens with zero attached hydrogens (tertiary/aromatic N) is 2. The van der Waals surface area contributed by atoms with Crippen molar-refractivity contribution in [2.75, 3.05) is 25.1 Å². The average molecular weight is 250 g/mol. The average Bonchev–Trinajstić information content (AvgIpc) is 2.42. The van der Waals surface area contributed by atoms with Gasteiger partial charge < -0.3 is 15.8 Å². The molecule has 98 valence electrons. The molecule has 18 heavy (non-hydrogen) atoms. The third-order valence-electron chi connectivity index (χ3n) is 3.36. The van der Waals surface area contributed by atoms with E-state index in [4.69, 9.17) is 10.5 Å². The normalized spacial score (nSPS) is 18.3. The molecule has 1 saturated heterocycles. The van der Waals surface area contributed by atoms with Gasteiger partial charge in [0.2, 0.25) is 5.91 Å². The summed E-state index contributed by atoms with van der Waals surface area (Å²) in [6, 6.07) is 0. The first-order valence-corrected chi connectivity index (χ1v) is 6.04. The van der Waals surface area contributed by atoms with Crippen LogP contribution in [0, 0.1) is 12.3 Å². The van der Waals surface area contributed by atoms with E-state index >= 15 is 0 Å². The van der Waals surface area contributed by atoms with Gasteiger partial charge in [-0.05, 0) is 19.8 Å². The van der Waals surface area contributed by atoms with Gasteiger partial charge in [0.25, 0.3) is 0 Å². The fraction of sp³-hybridized carbons (Fsp3) is 0.583. The third-order valence-corrected chi connectivity index (χ3v) is 3.36. The smallest absolute Gasteiger partial charge is 0.232 e. The fourth-order valence-electron chi connectivity index (χ4n) is 2.01. The van der Waals surface area contributed by atoms with Crippen LogP contribution in [0.25, 0.3) is 0 Å². The predicted octanol–water partition coefficient (Wildman–Crippen LogP) is 0.479. The van der Waals surface area contributed by atoms with Crippen molar-refractivity contribution in [1.82, 2.24) is 9.97 Å². The molecule has 0 bridgehead atoms. The van der Waals surface area contributed by atoms with E-state index in [1.165, 1.54) is 0 Å². The molecule has 1 aliphatic heterocycles. The van der Waals surface area contributed by atoms with Crippen LogP contribution in [-0.4, -0.2) is 35.6 Å². The lowest BCUT2D eigenvalue weighted by molar-refractivity contribution is -0.130. The monoisotopic (exact) mass is 250 g/mol. The molecule has 0 saturated carbocycles. The number of hydrogen-bond acceptors (Lipinski definition) is 5. The highest BCUT2D eigenvalue weighted by Gasteiger charge is 2.38. The number of nitrogens with two attached hydrogens (primary N) is 1. The van der Waals surface area contributed by atoms with E-state index in [2.05, 4.69) is 15.3 Å². The zero-order chi connectivity index (χ0) is 13.0. The molecule has 1 aromatic heterocycles. The van der Waals surface area contributed by atoms with Crippen LogP contribution in [0.2, 0.25) is 0 Å². The Balaban J connectivity index is 2.07. The molecule has 3 N–H and O–H groups in total. The molecule has 0 aliphatic carbocycles. The Hall–Kier alpha value is -1.53. The summed E-state index contributed by atoms with van der Waals surface area (Å²) in [4.78, 5) is 20.4. The molecule has 0 atom stereocenters. The van der Waals surface area contributed by atoms with Crippen LogP contribution in [-0.2, 0) is 9.53 Å². The number of aromatic nitrogens is 2. The largest absolute Gasteiger partial charge is 0.381 e. The summed E-state index contributed by atoms with van der Waals surface area (Å²) < 4.78 is 5.28. The van der Waals surface area contributed by atoms with Crippen LogP contribution in [0.1, 0.15) is 18.7 Å². The number of ether oxygens (including phenoxy) is 1. The molecular formula is C12H18N4O2. The number of carbonyl (C=O) groups is 1. The van der Waals surface area contributed by atoms with Crippen LogP contribution in [0.15, 0.2) is 12.4 Å². The summed E-state index contributed by atoms with van der Waals surface area (Å²) in [5.74, 6) is 0.605. The van der Waals surface area contributed by atoms with Crippen LogP contribution < -0.4 is 11.1 Å². The zero-order valence-corrected chi connectivity index (χ0v) is 10.5. The van der Waals surface area contributed by atoms with E-state index < -0.39 is 5.41 Å². The number of rotatable bonds is 3. The Bertz CT molecular complexity index is 413. The lowest BCUT2D eigenvalue weighted by Gasteiger charge is -2.34. The van der Waals surface area contributed by atoms with Crippen molar-refractivity contribution in [3.63, 3.8) is 0 Å². The minimum absolute atomic E-state index is 0.0687. The first kappa shape index (κ1) is 12.9. The first-order chi connectivity index (χ1) is 8.66. The number of aryl methyl sites for hydroxylation is 1. The van der Waals surface area contributed by atoms with Gasteiger partial charge >= 0.3 is 0 Å². The van der Waals surface area contributed by atoms with Crippen LogP contribution in [0.5, 0.6) is 0 Å². The standard InChI is InChI=1S/C12H18N4O2/c1-9-14-6-10(7-15-9)16-11(17)12(8-13)2-4-18-5-3-12/h6-7H,2-5,8,13H2,1H3,(H,16,17). The van der Waals surface area contributed by atoms with Gasteiger partial charge in [0.15, 0.2) is 0 Å². The van der Waals surface area contributed by atoms with Crippen molar-refractivity contribution in [3.05, 3.63) is 18.2 Å². The molecule has 6 heteroatoms. The van der Waals surface area contributed by atoms with Crippen molar-refractivity contribution in [2.45, 2.75) is 19.8 Å². The molecule has 1 amide bonds. The molecule has 2 rings (SSSR count). The van der Waals surface area contributed by atoms with Gasteiger partial charge in [-0.15, -0.1) is 0 Å². The summed E-state index contributed by atoms with van der Waals surface area (Å²) in [5, 5.41) is 2.83. The van der Waals surface area contributed by atoms with Crippen LogP contribution in [0.4, 0.5) is 5.69 Å². The topological polar surface area (TPSA) is 90.1 Å². The van der Waals surface area contributed by atoms with E-state index in [0.29, 0.717) is 44.1 Å². The number of anilines is 1. The predicted molar refractivity (Wildman–Crippen MR) is 66.9 cm³/mol. The number of nitrogens with one attached hydrogen (secondary N) is 1. The van der Waals surface area contributed by atoms with Gasteiger partial charge in [0, 0.05) is 19.8 Å². The maximum atomic E-state index is 12.3. The molecule has 1 aliphatic rings. The minimum Gasteiger partial charge on any atom is -0.381 e. The van der Waals surface area contributed by atoms with Crippen molar-refractivity contribution < 1.29 is 9.53 Å². The highest BCUT2D eigenvalue weighted by Crippen LogP contribution is 2.30. The summed E-state index contributed by atoms with van der Waals surface area (Å²) in [6.07, 6.45) is 4.51. The Morgan fingerprint density at radius 3 is 2.61 bits per heavy atom. The molecular weight excluding hydrogens is 232 g/mol. The van der Waals surface area contributed by atoms with E-state index in [1.54, 1.807) is 19.3 Å². The van der Waals surface area contributed by atoms with Gasteiger partial charge in [0.05, 0.1) is 23.5 Å². The molecule has 1 fully saturated rings. The van der Waals surface area contributed by atoms with Crippen molar-refractivity contribution in [2.24, 2.45) is 11.1 Å². The van der Waals surface area contributed by atoms with Crippen LogP contribution in [0.3, 0.4) is 0 Å². The second-order valence-corrected chi connectivity index (χ2v) is 4.57. The maximum Gasteiger partial charge on any atom is 0.232 e. The number of hydrogen-bond donors (Lipinski definition) is 2. The van der Waals surface area contributed by atoms with E-state index in [9.17, 15) is 4.79 Å². The van der Waals surface area contributed by atoms with Crippen molar-refractivity contribution >= 4 is 11.6 Å². The van der Waals surface area contributed by atoms with E-state index in [1.807, 2.05) is 0 Å². The van der Waals surface area contributed by atoms with Gasteiger partial charge in [0.1, 0.15) is 5.82 Å². The second kappa shape index (κ2) is 5.41. The number of carbonyl (C=O) groups excluding carboxylic acids is 1. The van der Waals surface area contributed by atoms with Crippen molar-refractivity contribution in [1.29, 1.82) is 0 Å². The summed E-state index contributed by atoms with van der Waals surface area (Å²) >= 11 is 0. The van der Waals surface area contributed by atoms with Gasteiger partial charge in [-0.2, -0.15) is 0 Å². The molecule has 0 radical (unpaired) electrons. The Kier molecular flexibility index (Phi) is 3.88. The Morgan fingerprint density at radius 1 is 1.44 bits per heavy atom. The molecule has 6 nitrogen and oxygen atoms in total. The first-order valence-electron chi connectivity index (χ1n) is 6.04. The summed E-state index contributed by atoms with van der Waals surface area (Å²) in [5.41, 5.74) is 5.85. The molecule has 2 heterocycles. The fourth-order valence-corrected chi connectivity index (χ4v) is 2.01. The van der Waals surface area contributed by atoms with Gasteiger partial charge in [-0.25, -0.2) is 9.97 Å². The minimum atomic E-state index is -0.525. The highest BCUT2D eigenvalue weighted by molar-refractivity contribution is 5.95. The SMILES string of the molecule is Cc1ncc(NC(=O)C2(CN)CCOCC2)cn1. The van der Waals surface area contributed by atoms with Crippen LogP contribution >= 0.6 is 0 Å². The van der Waals surface area contributed by atoms with Gasteiger partial charge in [-0.3, -0.25) is 4.79 Å². The lowest BCUT2D eigenvalue weighted by Crippen LogP contribution is -2.46. The lowest BCUT2D eigenvalue weighted by atomic mass is 9.79. The number of amides is 1. The highest BCUT2D eigenvalue weighted by atomic mass is 16.5. The van der Waals surface area contributed by atoms with E-state index in [0.717, 1.165) is 0 Å². The van der Waals surface area contributed by atoms with Gasteiger partial charge in [-0.1, -0.05) is 0 Å². The maximum absolute atomic E-state index is 12.3. The molecule has 0 unspecified atom stereocenters. The summed E-state index contributed by atoms with van der Waals surface area (Å²) in [6.45, 7) is 3.28. The molecule has 0 spiro atoms. The van der Waals surface area contributed by atoms with E-state index in [-0.39, 0.29) is 5.91 Å². The second-order valence-electron chi connectivity index (χ2n) is 4.57. The third kappa shape index (κ3) is 2.65. The van der Waals surface area contributed by atoms with Crippen molar-refractivity contribution in [3.8, 4) is 0 Å². The quantitative estimate of drug-likeness (QED) is 0.814. The Morgan fingerprint density at radius 2 is 2.06 bits per heavy atom. The zero-order valence-electron chi connectivity index (χ0n) is 10.5.